The summed E-state index contributed by atoms with van der Waals surface area (Å²) >= 11 is 5.97. The maximum Gasteiger partial charge on any atom is 0.252 e. The average molecular weight is 255 g/mol. The van der Waals surface area contributed by atoms with Crippen molar-refractivity contribution in [1.82, 2.24) is 5.32 Å². The third kappa shape index (κ3) is 2.90. The van der Waals surface area contributed by atoms with Crippen LogP contribution in [0, 0.1) is 0 Å². The first kappa shape index (κ1) is 12.2. The lowest BCUT2D eigenvalue weighted by Gasteiger charge is -2.13. The predicted octanol–water partition coefficient (Wildman–Crippen LogP) is 1.90. The molecule has 1 fully saturated rings. The number of hydrogen-bond acceptors (Lipinski definition) is 3. The first-order valence-corrected chi connectivity index (χ1v) is 5.94. The second-order valence-corrected chi connectivity index (χ2v) is 4.39. The van der Waals surface area contributed by atoms with Crippen molar-refractivity contribution in [3.05, 3.63) is 28.8 Å². The summed E-state index contributed by atoms with van der Waals surface area (Å²) < 4.78 is 5.28. The monoisotopic (exact) mass is 254 g/mol. The number of nitrogens with one attached hydrogen (secondary N) is 2. The summed E-state index contributed by atoms with van der Waals surface area (Å²) in [4.78, 5) is 11.6. The van der Waals surface area contributed by atoms with Gasteiger partial charge in [0.1, 0.15) is 0 Å². The van der Waals surface area contributed by atoms with Gasteiger partial charge < -0.3 is 15.4 Å². The van der Waals surface area contributed by atoms with E-state index in [-0.39, 0.29) is 5.91 Å². The first-order chi connectivity index (χ1) is 8.20. The van der Waals surface area contributed by atoms with E-state index in [2.05, 4.69) is 10.6 Å². The Hall–Kier alpha value is -1.26. The highest BCUT2D eigenvalue weighted by atomic mass is 35.5. The van der Waals surface area contributed by atoms with Crippen molar-refractivity contribution in [2.45, 2.75) is 12.5 Å². The van der Waals surface area contributed by atoms with Crippen LogP contribution in [0.2, 0.25) is 5.02 Å². The summed E-state index contributed by atoms with van der Waals surface area (Å²) in [5.74, 6) is -0.179. The quantitative estimate of drug-likeness (QED) is 0.866. The van der Waals surface area contributed by atoms with E-state index < -0.39 is 0 Å². The molecule has 17 heavy (non-hydrogen) atoms. The molecule has 4 nitrogen and oxygen atoms in total. The van der Waals surface area contributed by atoms with Crippen LogP contribution in [0.25, 0.3) is 0 Å². The Morgan fingerprint density at radius 3 is 3.00 bits per heavy atom. The molecule has 1 aliphatic heterocycles. The molecule has 0 radical (unpaired) electrons. The number of halogens is 1. The van der Waals surface area contributed by atoms with Gasteiger partial charge in [0.25, 0.3) is 5.91 Å². The zero-order valence-electron chi connectivity index (χ0n) is 9.63. The zero-order chi connectivity index (χ0) is 12.3. The van der Waals surface area contributed by atoms with E-state index in [4.69, 9.17) is 16.3 Å². The minimum atomic E-state index is -0.179. The Kier molecular flexibility index (Phi) is 3.86. The fourth-order valence-corrected chi connectivity index (χ4v) is 2.01. The standard InChI is InChI=1S/C12H15ClN2O2/c1-14-12(16)10-6-8(2-3-11(10)13)15-9-4-5-17-7-9/h2-3,6,9,15H,4-5,7H2,1H3,(H,14,16). The molecule has 1 amide bonds. The van der Waals surface area contributed by atoms with E-state index in [0.29, 0.717) is 23.2 Å². The predicted molar refractivity (Wildman–Crippen MR) is 67.7 cm³/mol. The lowest BCUT2D eigenvalue weighted by molar-refractivity contribution is 0.0963. The topological polar surface area (TPSA) is 50.4 Å². The van der Waals surface area contributed by atoms with Gasteiger partial charge in [-0.3, -0.25) is 4.79 Å². The van der Waals surface area contributed by atoms with Crippen molar-refractivity contribution < 1.29 is 9.53 Å². The molecule has 0 bridgehead atoms. The van der Waals surface area contributed by atoms with E-state index in [0.717, 1.165) is 18.7 Å². The van der Waals surface area contributed by atoms with E-state index in [1.165, 1.54) is 0 Å². The van der Waals surface area contributed by atoms with E-state index >= 15 is 0 Å². The molecule has 1 heterocycles. The molecular weight excluding hydrogens is 240 g/mol. The van der Waals surface area contributed by atoms with Gasteiger partial charge in [-0.15, -0.1) is 0 Å². The van der Waals surface area contributed by atoms with E-state index in [9.17, 15) is 4.79 Å². The number of anilines is 1. The lowest BCUT2D eigenvalue weighted by atomic mass is 10.1. The highest BCUT2D eigenvalue weighted by Gasteiger charge is 2.16. The van der Waals surface area contributed by atoms with Gasteiger partial charge >= 0.3 is 0 Å². The first-order valence-electron chi connectivity index (χ1n) is 5.56. The summed E-state index contributed by atoms with van der Waals surface area (Å²) in [5, 5.41) is 6.35. The van der Waals surface area contributed by atoms with Crippen LogP contribution in [0.3, 0.4) is 0 Å². The second kappa shape index (κ2) is 5.38. The van der Waals surface area contributed by atoms with Gasteiger partial charge in [0.05, 0.1) is 23.2 Å². The third-order valence-corrected chi connectivity index (χ3v) is 3.07. The molecule has 1 aromatic carbocycles. The largest absolute Gasteiger partial charge is 0.380 e. The number of carbonyl (C=O) groups excluding carboxylic acids is 1. The SMILES string of the molecule is CNC(=O)c1cc(NC2CCOC2)ccc1Cl. The van der Waals surface area contributed by atoms with Crippen LogP contribution in [-0.2, 0) is 4.74 Å². The third-order valence-electron chi connectivity index (χ3n) is 2.74. The molecule has 0 saturated carbocycles. The normalized spacial score (nSPS) is 19.1. The van der Waals surface area contributed by atoms with Crippen molar-refractivity contribution in [1.29, 1.82) is 0 Å². The highest BCUT2D eigenvalue weighted by Crippen LogP contribution is 2.22. The average Bonchev–Trinajstić information content (AvgIpc) is 2.83. The van der Waals surface area contributed by atoms with E-state index in [1.807, 2.05) is 6.07 Å². The van der Waals surface area contributed by atoms with Crippen molar-refractivity contribution >= 4 is 23.2 Å². The van der Waals surface area contributed by atoms with Gasteiger partial charge in [0, 0.05) is 19.3 Å². The molecule has 1 saturated heterocycles. The summed E-state index contributed by atoms with van der Waals surface area (Å²) in [6.07, 6.45) is 0.984. The van der Waals surface area contributed by atoms with Gasteiger partial charge in [-0.25, -0.2) is 0 Å². The Labute approximate surface area is 105 Å². The van der Waals surface area contributed by atoms with Crippen molar-refractivity contribution in [3.8, 4) is 0 Å². The van der Waals surface area contributed by atoms with Crippen molar-refractivity contribution in [3.63, 3.8) is 0 Å². The summed E-state index contributed by atoms with van der Waals surface area (Å²) in [6, 6.07) is 5.67. The molecule has 1 unspecified atom stereocenters. The summed E-state index contributed by atoms with van der Waals surface area (Å²) in [5.41, 5.74) is 1.38. The maximum atomic E-state index is 11.6. The molecule has 2 N–H and O–H groups in total. The maximum absolute atomic E-state index is 11.6. The molecule has 0 spiro atoms. The van der Waals surface area contributed by atoms with Crippen molar-refractivity contribution in [2.75, 3.05) is 25.6 Å². The van der Waals surface area contributed by atoms with Crippen LogP contribution >= 0.6 is 11.6 Å². The summed E-state index contributed by atoms with van der Waals surface area (Å²) in [6.45, 7) is 1.49. The van der Waals surface area contributed by atoms with Crippen LogP contribution in [0.1, 0.15) is 16.8 Å². The molecule has 2 rings (SSSR count). The molecule has 1 atom stereocenters. The van der Waals surface area contributed by atoms with Gasteiger partial charge in [0.2, 0.25) is 0 Å². The van der Waals surface area contributed by atoms with Gasteiger partial charge in [-0.05, 0) is 24.6 Å². The number of amides is 1. The van der Waals surface area contributed by atoms with Gasteiger partial charge in [-0.1, -0.05) is 11.6 Å². The number of carbonyl (C=O) groups is 1. The smallest absolute Gasteiger partial charge is 0.252 e. The molecule has 5 heteroatoms. The number of benzene rings is 1. The minimum absolute atomic E-state index is 0.179. The molecule has 1 aromatic rings. The zero-order valence-corrected chi connectivity index (χ0v) is 10.4. The Balaban J connectivity index is 2.15. The van der Waals surface area contributed by atoms with Gasteiger partial charge in [-0.2, -0.15) is 0 Å². The minimum Gasteiger partial charge on any atom is -0.380 e. The highest BCUT2D eigenvalue weighted by molar-refractivity contribution is 6.34. The fraction of sp³-hybridized carbons (Fsp3) is 0.417. The van der Waals surface area contributed by atoms with Crippen LogP contribution < -0.4 is 10.6 Å². The van der Waals surface area contributed by atoms with E-state index in [1.54, 1.807) is 19.2 Å². The molecule has 0 aliphatic carbocycles. The molecule has 1 aliphatic rings. The number of ether oxygens (including phenoxy) is 1. The van der Waals surface area contributed by atoms with Crippen LogP contribution in [0.5, 0.6) is 0 Å². The van der Waals surface area contributed by atoms with Crippen LogP contribution in [0.4, 0.5) is 5.69 Å². The Morgan fingerprint density at radius 2 is 2.35 bits per heavy atom. The Morgan fingerprint density at radius 1 is 1.53 bits per heavy atom. The lowest BCUT2D eigenvalue weighted by Crippen LogP contribution is -2.21. The fourth-order valence-electron chi connectivity index (χ4n) is 1.81. The van der Waals surface area contributed by atoms with Crippen LogP contribution in [0.15, 0.2) is 18.2 Å². The molecular formula is C12H15ClN2O2. The summed E-state index contributed by atoms with van der Waals surface area (Å²) in [7, 11) is 1.59. The molecule has 0 aromatic heterocycles. The van der Waals surface area contributed by atoms with Gasteiger partial charge in [0.15, 0.2) is 0 Å². The number of rotatable bonds is 3. The second-order valence-electron chi connectivity index (χ2n) is 3.98. The Bertz CT molecular complexity index is 417. The number of hydrogen-bond donors (Lipinski definition) is 2. The van der Waals surface area contributed by atoms with Crippen LogP contribution in [-0.4, -0.2) is 32.2 Å². The van der Waals surface area contributed by atoms with Crippen molar-refractivity contribution in [2.24, 2.45) is 0 Å². The molecule has 92 valence electrons.